The first-order valence-electron chi connectivity index (χ1n) is 8.13. The van der Waals surface area contributed by atoms with Crippen LogP contribution in [-0.2, 0) is 23.0 Å². The van der Waals surface area contributed by atoms with Gasteiger partial charge in [0.05, 0.1) is 14.2 Å². The van der Waals surface area contributed by atoms with E-state index in [2.05, 4.69) is 10.4 Å². The van der Waals surface area contributed by atoms with E-state index >= 15 is 0 Å². The van der Waals surface area contributed by atoms with Gasteiger partial charge in [-0.3, -0.25) is 9.59 Å². The van der Waals surface area contributed by atoms with Crippen LogP contribution in [0.1, 0.15) is 16.1 Å². The first-order chi connectivity index (χ1) is 12.9. The van der Waals surface area contributed by atoms with Crippen molar-refractivity contribution >= 4 is 11.9 Å². The van der Waals surface area contributed by atoms with Crippen LogP contribution in [0.3, 0.4) is 0 Å². The number of benzene rings is 1. The van der Waals surface area contributed by atoms with Crippen molar-refractivity contribution in [1.29, 1.82) is 0 Å². The van der Waals surface area contributed by atoms with E-state index < -0.39 is 18.5 Å². The van der Waals surface area contributed by atoms with Gasteiger partial charge < -0.3 is 19.5 Å². The van der Waals surface area contributed by atoms with Gasteiger partial charge in [0.1, 0.15) is 0 Å². The molecule has 0 fully saturated rings. The van der Waals surface area contributed by atoms with E-state index in [-0.39, 0.29) is 11.3 Å². The Balaban J connectivity index is 1.78. The van der Waals surface area contributed by atoms with Crippen molar-refractivity contribution in [3.05, 3.63) is 51.9 Å². The molecule has 1 heterocycles. The smallest absolute Gasteiger partial charge is 0.359 e. The number of hydrogen-bond donors (Lipinski definition) is 1. The average Bonchev–Trinajstić information content (AvgIpc) is 2.68. The zero-order chi connectivity index (χ0) is 19.8. The number of methoxy groups -OCH3 is 2. The second-order valence-electron chi connectivity index (χ2n) is 5.55. The molecule has 0 atom stereocenters. The van der Waals surface area contributed by atoms with Gasteiger partial charge in [-0.15, -0.1) is 0 Å². The molecule has 9 nitrogen and oxygen atoms in total. The van der Waals surface area contributed by atoms with Gasteiger partial charge in [0, 0.05) is 19.7 Å². The summed E-state index contributed by atoms with van der Waals surface area (Å²) in [5.41, 5.74) is 0.564. The highest BCUT2D eigenvalue weighted by Gasteiger charge is 2.12. The maximum atomic E-state index is 11.8. The summed E-state index contributed by atoms with van der Waals surface area (Å²) in [5.74, 6) is 0.0264. The first kappa shape index (κ1) is 20.0. The van der Waals surface area contributed by atoms with Gasteiger partial charge in [0.15, 0.2) is 23.8 Å². The van der Waals surface area contributed by atoms with E-state index in [0.29, 0.717) is 24.5 Å². The lowest BCUT2D eigenvalue weighted by Gasteiger charge is -2.10. The Morgan fingerprint density at radius 1 is 1.11 bits per heavy atom. The Bertz CT molecular complexity index is 878. The second-order valence-corrected chi connectivity index (χ2v) is 5.55. The number of aryl methyl sites for hydroxylation is 1. The van der Waals surface area contributed by atoms with E-state index in [1.807, 2.05) is 12.1 Å². The molecule has 144 valence electrons. The molecular weight excluding hydrogens is 354 g/mol. The molecule has 27 heavy (non-hydrogen) atoms. The fourth-order valence-electron chi connectivity index (χ4n) is 2.25. The van der Waals surface area contributed by atoms with Crippen LogP contribution in [0.15, 0.2) is 35.1 Å². The summed E-state index contributed by atoms with van der Waals surface area (Å²) in [4.78, 5) is 34.9. The van der Waals surface area contributed by atoms with Gasteiger partial charge in [-0.2, -0.15) is 5.10 Å². The largest absolute Gasteiger partial charge is 0.493 e. The Hall–Kier alpha value is -3.36. The lowest BCUT2D eigenvalue weighted by molar-refractivity contribution is -0.124. The maximum Gasteiger partial charge on any atom is 0.359 e. The monoisotopic (exact) mass is 375 g/mol. The molecule has 0 saturated carbocycles. The maximum absolute atomic E-state index is 11.8. The Morgan fingerprint density at radius 2 is 1.85 bits per heavy atom. The van der Waals surface area contributed by atoms with Crippen molar-refractivity contribution in [3.8, 4) is 11.5 Å². The molecule has 1 aromatic carbocycles. The number of esters is 1. The summed E-state index contributed by atoms with van der Waals surface area (Å²) in [7, 11) is 4.53. The van der Waals surface area contributed by atoms with Crippen molar-refractivity contribution in [2.75, 3.05) is 27.4 Å². The number of nitrogens with one attached hydrogen (secondary N) is 1. The summed E-state index contributed by atoms with van der Waals surface area (Å²) in [5, 5.41) is 6.42. The van der Waals surface area contributed by atoms with Gasteiger partial charge >= 0.3 is 5.97 Å². The molecule has 0 spiro atoms. The molecule has 2 rings (SSSR count). The van der Waals surface area contributed by atoms with E-state index in [4.69, 9.17) is 14.2 Å². The van der Waals surface area contributed by atoms with Crippen molar-refractivity contribution in [1.82, 2.24) is 15.1 Å². The second kappa shape index (κ2) is 9.37. The highest BCUT2D eigenvalue weighted by atomic mass is 16.5. The van der Waals surface area contributed by atoms with Gasteiger partial charge in [0.2, 0.25) is 0 Å². The quantitative estimate of drug-likeness (QED) is 0.662. The van der Waals surface area contributed by atoms with Crippen molar-refractivity contribution in [2.45, 2.75) is 6.42 Å². The Kier molecular flexibility index (Phi) is 6.93. The van der Waals surface area contributed by atoms with Gasteiger partial charge in [0.25, 0.3) is 11.5 Å². The third-order valence-corrected chi connectivity index (χ3v) is 3.69. The SMILES string of the molecule is COc1ccc(CCNC(=O)COC(=O)c2ccc(=O)n(C)n2)cc1OC. The molecule has 2 aromatic rings. The van der Waals surface area contributed by atoms with E-state index in [9.17, 15) is 14.4 Å². The number of amides is 1. The first-order valence-corrected chi connectivity index (χ1v) is 8.13. The van der Waals surface area contributed by atoms with Gasteiger partial charge in [-0.25, -0.2) is 9.48 Å². The Morgan fingerprint density at radius 3 is 2.52 bits per heavy atom. The molecule has 0 aliphatic rings. The number of rotatable bonds is 8. The standard InChI is InChI=1S/C18H21N3O6/c1-21-17(23)7-5-13(20-21)18(24)27-11-16(22)19-9-8-12-4-6-14(25-2)15(10-12)26-3/h4-7,10H,8-9,11H2,1-3H3,(H,19,22). The molecule has 0 aliphatic heterocycles. The molecule has 0 unspecified atom stereocenters. The number of carbonyl (C=O) groups is 2. The molecule has 1 aromatic heterocycles. The normalized spacial score (nSPS) is 10.2. The van der Waals surface area contributed by atoms with Crippen LogP contribution in [0.4, 0.5) is 0 Å². The van der Waals surface area contributed by atoms with Crippen LogP contribution < -0.4 is 20.3 Å². The highest BCUT2D eigenvalue weighted by Crippen LogP contribution is 2.27. The molecule has 0 bridgehead atoms. The zero-order valence-corrected chi connectivity index (χ0v) is 15.4. The number of aromatic nitrogens is 2. The van der Waals surface area contributed by atoms with Crippen molar-refractivity contribution in [2.24, 2.45) is 7.05 Å². The van der Waals surface area contributed by atoms with Crippen LogP contribution in [-0.4, -0.2) is 49.0 Å². The van der Waals surface area contributed by atoms with E-state index in [1.165, 1.54) is 19.2 Å². The average molecular weight is 375 g/mol. The third kappa shape index (κ3) is 5.56. The van der Waals surface area contributed by atoms with Gasteiger partial charge in [-0.05, 0) is 30.2 Å². The van der Waals surface area contributed by atoms with Gasteiger partial charge in [-0.1, -0.05) is 6.07 Å². The van der Waals surface area contributed by atoms with Crippen LogP contribution in [0, 0.1) is 0 Å². The minimum absolute atomic E-state index is 0.0461. The predicted molar refractivity (Wildman–Crippen MR) is 96.0 cm³/mol. The number of ether oxygens (including phenoxy) is 3. The highest BCUT2D eigenvalue weighted by molar-refractivity contribution is 5.89. The van der Waals surface area contributed by atoms with Crippen molar-refractivity contribution in [3.63, 3.8) is 0 Å². The van der Waals surface area contributed by atoms with Crippen molar-refractivity contribution < 1.29 is 23.8 Å². The lowest BCUT2D eigenvalue weighted by Crippen LogP contribution is -2.31. The summed E-state index contributed by atoms with van der Waals surface area (Å²) < 4.78 is 16.3. The molecule has 0 saturated heterocycles. The molecule has 0 aliphatic carbocycles. The van der Waals surface area contributed by atoms with Crippen LogP contribution >= 0.6 is 0 Å². The molecule has 1 amide bonds. The summed E-state index contributed by atoms with van der Waals surface area (Å²) >= 11 is 0. The van der Waals surface area contributed by atoms with E-state index in [0.717, 1.165) is 10.2 Å². The molecule has 0 radical (unpaired) electrons. The summed E-state index contributed by atoms with van der Waals surface area (Å²) in [6.45, 7) is -0.0702. The number of carbonyl (C=O) groups excluding carboxylic acids is 2. The Labute approximate surface area is 155 Å². The lowest BCUT2D eigenvalue weighted by atomic mass is 10.1. The predicted octanol–water partition coefficient (Wildman–Crippen LogP) is 0.313. The minimum Gasteiger partial charge on any atom is -0.493 e. The summed E-state index contributed by atoms with van der Waals surface area (Å²) in [6, 6.07) is 7.94. The number of hydrogen-bond acceptors (Lipinski definition) is 7. The van der Waals surface area contributed by atoms with E-state index in [1.54, 1.807) is 20.3 Å². The topological polar surface area (TPSA) is 109 Å². The van der Waals surface area contributed by atoms with Crippen LogP contribution in [0.25, 0.3) is 0 Å². The fraction of sp³-hybridized carbons (Fsp3) is 0.333. The molecule has 1 N–H and O–H groups in total. The third-order valence-electron chi connectivity index (χ3n) is 3.69. The molecular formula is C18H21N3O6. The minimum atomic E-state index is -0.777. The molecule has 9 heteroatoms. The number of nitrogens with zero attached hydrogens (tertiary/aromatic N) is 2. The zero-order valence-electron chi connectivity index (χ0n) is 15.4. The fourth-order valence-corrected chi connectivity index (χ4v) is 2.25. The van der Waals surface area contributed by atoms with Crippen LogP contribution in [0.2, 0.25) is 0 Å². The summed E-state index contributed by atoms with van der Waals surface area (Å²) in [6.07, 6.45) is 0.572. The van der Waals surface area contributed by atoms with Crippen LogP contribution in [0.5, 0.6) is 11.5 Å².